The molecular weight excluding hydrogens is 1240 g/mol. The topological polar surface area (TPSA) is 112 Å². The summed E-state index contributed by atoms with van der Waals surface area (Å²) in [6.07, 6.45) is 6.39. The van der Waals surface area contributed by atoms with Crippen molar-refractivity contribution in [3.05, 3.63) is 236 Å². The minimum Gasteiger partial charge on any atom is -0.399 e. The fourth-order valence-electron chi connectivity index (χ4n) is 5.17. The molecule has 8 aromatic rings. The number of nitrogens with two attached hydrogens (primary N) is 1. The molecule has 0 saturated carbocycles. The van der Waals surface area contributed by atoms with Gasteiger partial charge in [-0.15, -0.1) is 0 Å². The smallest absolute Gasteiger partial charge is 0.316 e. The summed E-state index contributed by atoms with van der Waals surface area (Å²) in [7, 11) is -3.38. The van der Waals surface area contributed by atoms with E-state index in [-0.39, 0.29) is 4.90 Å². The van der Waals surface area contributed by atoms with Gasteiger partial charge in [0, 0.05) is 54.5 Å². The molecule has 0 radical (unpaired) electrons. The highest BCUT2D eigenvalue weighted by molar-refractivity contribution is 14.1. The van der Waals surface area contributed by atoms with Crippen molar-refractivity contribution in [1.29, 1.82) is 0 Å². The number of nitrogen functional groups attached to an aromatic ring is 1. The average molecular weight is 1280 g/mol. The van der Waals surface area contributed by atoms with Gasteiger partial charge in [-0.2, -0.15) is 0 Å². The Morgan fingerprint density at radius 3 is 1.71 bits per heavy atom. The summed E-state index contributed by atoms with van der Waals surface area (Å²) < 4.78 is 28.2. The molecule has 2 N–H and O–H groups in total. The van der Waals surface area contributed by atoms with E-state index in [1.807, 2.05) is 105 Å². The van der Waals surface area contributed by atoms with Gasteiger partial charge in [0.25, 0.3) is 9.84 Å². The summed E-state index contributed by atoms with van der Waals surface area (Å²) in [5.41, 5.74) is 13.1. The Morgan fingerprint density at radius 2 is 1.20 bits per heavy atom. The van der Waals surface area contributed by atoms with Crippen LogP contribution < -0.4 is 5.73 Å². The first-order valence-corrected chi connectivity index (χ1v) is 25.1. The fraction of sp³-hybridized carbons (Fsp3) is 0.0400. The molecule has 8 rings (SSSR count). The van der Waals surface area contributed by atoms with Gasteiger partial charge in [-0.1, -0.05) is 88.9 Å². The van der Waals surface area contributed by atoms with E-state index in [1.54, 1.807) is 42.5 Å². The second-order valence-electron chi connectivity index (χ2n) is 13.4. The molecule has 0 saturated heterocycles. The molecule has 0 spiro atoms. The molecule has 0 bridgehead atoms. The SMILES string of the molecule is Clc1ccc(-n2cncc2-c2cccc(I)c2)cc1.Clc1ccc(N=Cc2cccc(I)c2)cc1.Nc1ccc(Cl)cc1.O=Cc1cccc(I)c1.[C-]#[N+]CS(=O)(=O)c1ccc(C)cc1. The van der Waals surface area contributed by atoms with Crippen molar-refractivity contribution in [2.45, 2.75) is 11.8 Å². The van der Waals surface area contributed by atoms with Gasteiger partial charge in [-0.3, -0.25) is 19.2 Å². The number of aryl methyl sites for hydroxylation is 1. The van der Waals surface area contributed by atoms with E-state index >= 15 is 0 Å². The summed E-state index contributed by atoms with van der Waals surface area (Å²) in [6.45, 7) is 8.38. The number of anilines is 1. The number of halogens is 6. The van der Waals surface area contributed by atoms with Crippen LogP contribution in [-0.2, 0) is 9.84 Å². The number of hydrogen-bond acceptors (Lipinski definition) is 6. The molecule has 65 heavy (non-hydrogen) atoms. The maximum absolute atomic E-state index is 11.3. The van der Waals surface area contributed by atoms with Crippen LogP contribution >= 0.6 is 103 Å². The molecule has 1 heterocycles. The number of carbonyl (C=O) groups excluding carboxylic acids is 1. The first-order valence-electron chi connectivity index (χ1n) is 19.1. The zero-order valence-corrected chi connectivity index (χ0v) is 44.0. The summed E-state index contributed by atoms with van der Waals surface area (Å²) >= 11 is 24.0. The van der Waals surface area contributed by atoms with Gasteiger partial charge in [0.2, 0.25) is 0 Å². The van der Waals surface area contributed by atoms with Gasteiger partial charge in [0.1, 0.15) is 6.29 Å². The van der Waals surface area contributed by atoms with Gasteiger partial charge >= 0.3 is 5.88 Å². The molecule has 15 heteroatoms. The highest BCUT2D eigenvalue weighted by Gasteiger charge is 2.16. The van der Waals surface area contributed by atoms with Gasteiger partial charge in [0.05, 0.1) is 28.8 Å². The first-order chi connectivity index (χ1) is 31.1. The van der Waals surface area contributed by atoms with E-state index in [1.165, 1.54) is 19.3 Å². The van der Waals surface area contributed by atoms with E-state index in [2.05, 4.69) is 124 Å². The highest BCUT2D eigenvalue weighted by Crippen LogP contribution is 2.25. The quantitative estimate of drug-likeness (QED) is 0.0562. The predicted molar refractivity (Wildman–Crippen MR) is 295 cm³/mol. The minimum atomic E-state index is -3.38. The van der Waals surface area contributed by atoms with Crippen LogP contribution in [0.1, 0.15) is 21.5 Å². The second kappa shape index (κ2) is 27.8. The lowest BCUT2D eigenvalue weighted by molar-refractivity contribution is 0.112. The summed E-state index contributed by atoms with van der Waals surface area (Å²) in [5, 5.41) is 2.19. The lowest BCUT2D eigenvalue weighted by Gasteiger charge is -2.08. The van der Waals surface area contributed by atoms with E-state index < -0.39 is 15.7 Å². The Bertz CT molecular complexity index is 2910. The number of imidazole rings is 1. The van der Waals surface area contributed by atoms with Crippen LogP contribution in [0.25, 0.3) is 21.8 Å². The average Bonchev–Trinajstić information content (AvgIpc) is 3.79. The third-order valence-corrected chi connectivity index (χ3v) is 12.6. The Hall–Kier alpha value is -4.61. The molecule has 330 valence electrons. The number of aromatic nitrogens is 2. The van der Waals surface area contributed by atoms with Crippen molar-refractivity contribution in [3.63, 3.8) is 0 Å². The Balaban J connectivity index is 0.000000184. The molecule has 7 aromatic carbocycles. The van der Waals surface area contributed by atoms with Crippen LogP contribution in [0, 0.1) is 24.2 Å². The lowest BCUT2D eigenvalue weighted by Crippen LogP contribution is -2.02. The summed E-state index contributed by atoms with van der Waals surface area (Å²) in [6, 6.07) is 52.7. The van der Waals surface area contributed by atoms with Gasteiger partial charge in [-0.05, 0) is 202 Å². The zero-order chi connectivity index (χ0) is 47.2. The van der Waals surface area contributed by atoms with Crippen molar-refractivity contribution < 1.29 is 13.2 Å². The van der Waals surface area contributed by atoms with Crippen LogP contribution in [-0.4, -0.2) is 36.3 Å². The van der Waals surface area contributed by atoms with Crippen LogP contribution in [0.15, 0.2) is 192 Å². The molecule has 8 nitrogen and oxygen atoms in total. The summed E-state index contributed by atoms with van der Waals surface area (Å²) in [5.74, 6) is -0.476. The molecule has 0 atom stereocenters. The second-order valence-corrected chi connectivity index (χ2v) is 20.4. The van der Waals surface area contributed by atoms with E-state index in [0.717, 1.165) is 69.9 Å². The number of benzene rings is 7. The highest BCUT2D eigenvalue weighted by atomic mass is 127. The summed E-state index contributed by atoms with van der Waals surface area (Å²) in [4.78, 5) is 21.9. The molecule has 0 unspecified atom stereocenters. The number of hydrogen-bond donors (Lipinski definition) is 1. The van der Waals surface area contributed by atoms with Crippen molar-refractivity contribution in [3.8, 4) is 16.9 Å². The van der Waals surface area contributed by atoms with E-state index in [4.69, 9.17) is 47.1 Å². The molecule has 0 aliphatic heterocycles. The largest absolute Gasteiger partial charge is 0.399 e. The van der Waals surface area contributed by atoms with E-state index in [9.17, 15) is 13.2 Å². The van der Waals surface area contributed by atoms with Crippen LogP contribution in [0.3, 0.4) is 0 Å². The standard InChI is InChI=1S/C15H10ClIN2.C13H9ClIN.C9H9NO2S.C7H5IO.C6H6ClN/c16-12-4-6-14(7-5-12)19-10-18-9-15(19)11-2-1-3-13(17)8-11;14-11-4-6-13(7-5-11)16-9-10-2-1-3-12(15)8-10;1-8-3-5-9(6-4-8)13(11,12)7-10-2;8-7-3-1-2-6(4-7)5-9;7-5-1-3-6(8)4-2-5/h1-10H;1-9H;3-6H,7H2,1H3;1-5H;1-4H,8H2. The maximum atomic E-state index is 11.3. The van der Waals surface area contributed by atoms with Crippen LogP contribution in [0.4, 0.5) is 11.4 Å². The number of rotatable bonds is 7. The monoisotopic (exact) mass is 1270 g/mol. The normalized spacial score (nSPS) is 10.3. The van der Waals surface area contributed by atoms with Crippen LogP contribution in [0.5, 0.6) is 0 Å². The molecule has 0 aliphatic rings. The predicted octanol–water partition coefficient (Wildman–Crippen LogP) is 15.2. The van der Waals surface area contributed by atoms with Crippen LogP contribution in [0.2, 0.25) is 15.1 Å². The lowest BCUT2D eigenvalue weighted by atomic mass is 10.1. The van der Waals surface area contributed by atoms with Crippen molar-refractivity contribution in [1.82, 2.24) is 9.55 Å². The molecule has 1 aromatic heterocycles. The zero-order valence-electron chi connectivity index (χ0n) is 34.4. The Labute approximate surface area is 436 Å². The maximum Gasteiger partial charge on any atom is 0.316 e. The third kappa shape index (κ3) is 19.4. The van der Waals surface area contributed by atoms with Crippen molar-refractivity contribution in [2.75, 3.05) is 11.6 Å². The molecule has 0 amide bonds. The minimum absolute atomic E-state index is 0.217. The molecule has 0 aliphatic carbocycles. The number of carbonyl (C=O) groups is 1. The Kier molecular flexibility index (Phi) is 22.6. The number of aliphatic imine (C=N–C) groups is 1. The van der Waals surface area contributed by atoms with E-state index in [0.29, 0.717) is 0 Å². The Morgan fingerprint density at radius 1 is 0.692 bits per heavy atom. The van der Waals surface area contributed by atoms with Gasteiger partial charge in [0.15, 0.2) is 0 Å². The molecule has 0 fully saturated rings. The molecular formula is C50H39Cl3I3N5O3S. The first kappa shape index (κ1) is 53.0. The number of aldehydes is 1. The fourth-order valence-corrected chi connectivity index (χ4v) is 8.10. The van der Waals surface area contributed by atoms with Gasteiger partial charge < -0.3 is 5.73 Å². The van der Waals surface area contributed by atoms with Gasteiger partial charge in [-0.25, -0.2) is 20.0 Å². The number of nitrogens with zero attached hydrogens (tertiary/aromatic N) is 4. The van der Waals surface area contributed by atoms with Crippen molar-refractivity contribution in [2.24, 2.45) is 4.99 Å². The third-order valence-electron chi connectivity index (χ3n) is 8.37. The number of sulfone groups is 1. The van der Waals surface area contributed by atoms with Crippen molar-refractivity contribution >= 4 is 136 Å².